The van der Waals surface area contributed by atoms with Gasteiger partial charge in [0.15, 0.2) is 0 Å². The summed E-state index contributed by atoms with van der Waals surface area (Å²) < 4.78 is 2.56. The molecule has 0 amide bonds. The van der Waals surface area contributed by atoms with Crippen LogP contribution in [0.3, 0.4) is 0 Å². The van der Waals surface area contributed by atoms with Crippen molar-refractivity contribution >= 4 is 21.8 Å². The van der Waals surface area contributed by atoms with Crippen LogP contribution in [-0.2, 0) is 31.2 Å². The van der Waals surface area contributed by atoms with Crippen molar-refractivity contribution in [2.45, 2.75) is 125 Å². The van der Waals surface area contributed by atoms with Crippen molar-refractivity contribution in [3.63, 3.8) is 0 Å². The lowest BCUT2D eigenvalue weighted by Gasteiger charge is -2.26. The quantitative estimate of drug-likeness (QED) is 0.0988. The summed E-state index contributed by atoms with van der Waals surface area (Å²) in [5, 5.41) is 2.84. The largest absolute Gasteiger partial charge is 0.340 e. The minimum atomic E-state index is 0.188. The van der Waals surface area contributed by atoms with Crippen LogP contribution in [0.5, 0.6) is 0 Å². The van der Waals surface area contributed by atoms with Gasteiger partial charge in [-0.1, -0.05) is 135 Å². The molecule has 0 saturated carbocycles. The summed E-state index contributed by atoms with van der Waals surface area (Å²) >= 11 is 0. The number of pyridine rings is 1. The van der Waals surface area contributed by atoms with Crippen molar-refractivity contribution in [1.82, 2.24) is 9.55 Å². The molecule has 0 aliphatic carbocycles. The molecule has 0 spiro atoms. The van der Waals surface area contributed by atoms with Gasteiger partial charge in [-0.25, -0.2) is 4.98 Å². The third-order valence-corrected chi connectivity index (χ3v) is 12.3. The van der Waals surface area contributed by atoms with Gasteiger partial charge in [0.05, 0.1) is 11.4 Å². The highest BCUT2D eigenvalue weighted by Gasteiger charge is 2.20. The topological polar surface area (TPSA) is 17.8 Å². The first-order valence-electron chi connectivity index (χ1n) is 20.2. The number of hydrogen-bond donors (Lipinski definition) is 0. The second-order valence-corrected chi connectivity index (χ2v) is 16.9. The van der Waals surface area contributed by atoms with E-state index < -0.39 is 0 Å². The Morgan fingerprint density at radius 1 is 0.577 bits per heavy atom. The number of aromatic nitrogens is 2. The number of nitrogens with zero attached hydrogens (tertiary/aromatic N) is 2. The van der Waals surface area contributed by atoms with Gasteiger partial charge in [0, 0.05) is 39.5 Å². The minimum absolute atomic E-state index is 0.188. The Morgan fingerprint density at radius 3 is 1.60 bits per heavy atom. The first-order valence-corrected chi connectivity index (χ1v) is 20.2. The van der Waals surface area contributed by atoms with Crippen molar-refractivity contribution in [3.8, 4) is 22.5 Å². The van der Waals surface area contributed by atoms with E-state index in [9.17, 15) is 0 Å². The minimum Gasteiger partial charge on any atom is -0.340 e. The molecule has 4 aromatic carbocycles. The van der Waals surface area contributed by atoms with Gasteiger partial charge >= 0.3 is 0 Å². The van der Waals surface area contributed by atoms with Gasteiger partial charge in [-0.05, 0) is 120 Å². The Balaban J connectivity index is 1.13. The first-order chi connectivity index (χ1) is 25.0. The van der Waals surface area contributed by atoms with Crippen molar-refractivity contribution in [2.24, 2.45) is 11.3 Å². The molecule has 6 rings (SSSR count). The normalized spacial score (nSPS) is 12.4. The number of hydrogen-bond acceptors (Lipinski definition) is 1. The highest BCUT2D eigenvalue weighted by molar-refractivity contribution is 6.08. The third kappa shape index (κ3) is 8.54. The van der Waals surface area contributed by atoms with Crippen LogP contribution in [0.2, 0.25) is 0 Å². The van der Waals surface area contributed by atoms with Gasteiger partial charge in [0.25, 0.3) is 0 Å². The van der Waals surface area contributed by atoms with Crippen molar-refractivity contribution in [1.29, 1.82) is 0 Å². The smallest absolute Gasteiger partial charge is 0.0709 e. The van der Waals surface area contributed by atoms with E-state index in [4.69, 9.17) is 4.98 Å². The van der Waals surface area contributed by atoms with Crippen LogP contribution in [0.15, 0.2) is 103 Å². The maximum atomic E-state index is 5.06. The van der Waals surface area contributed by atoms with Crippen LogP contribution in [0.25, 0.3) is 44.3 Å². The fourth-order valence-corrected chi connectivity index (χ4v) is 7.79. The molecule has 272 valence electrons. The van der Waals surface area contributed by atoms with Crippen molar-refractivity contribution < 1.29 is 0 Å². The van der Waals surface area contributed by atoms with E-state index in [0.29, 0.717) is 11.3 Å². The average Bonchev–Trinajstić information content (AvgIpc) is 3.46. The van der Waals surface area contributed by atoms with E-state index in [1.165, 1.54) is 80.9 Å². The lowest BCUT2D eigenvalue weighted by atomic mass is 9.79. The molecule has 0 atom stereocenters. The Morgan fingerprint density at radius 2 is 1.08 bits per heavy atom. The zero-order chi connectivity index (χ0) is 36.9. The molecule has 2 nitrogen and oxygen atoms in total. The predicted octanol–water partition coefficient (Wildman–Crippen LogP) is 14.2. The van der Waals surface area contributed by atoms with Crippen LogP contribution >= 0.6 is 0 Å². The maximum Gasteiger partial charge on any atom is 0.0709 e. The van der Waals surface area contributed by atoms with Gasteiger partial charge in [-0.2, -0.15) is 0 Å². The SMILES string of the molecule is CCC(C)(CC)CCCc1ccc2c(c1)c1cc(CCCc3ccc(-c4cccc(-c5ccc(C(C)(C)CC)cc5)n4)cc3)ccc1n2CC(C)C. The molecule has 0 bridgehead atoms. The van der Waals surface area contributed by atoms with E-state index in [1.54, 1.807) is 0 Å². The Hall–Kier alpha value is -4.17. The van der Waals surface area contributed by atoms with Gasteiger partial charge in [0.1, 0.15) is 0 Å². The molecule has 2 heteroatoms. The fourth-order valence-electron chi connectivity index (χ4n) is 7.79. The summed E-state index contributed by atoms with van der Waals surface area (Å²) in [6, 6.07) is 38.9. The van der Waals surface area contributed by atoms with Gasteiger partial charge < -0.3 is 4.57 Å². The average molecular weight is 691 g/mol. The molecule has 0 aliphatic heterocycles. The lowest BCUT2D eigenvalue weighted by molar-refractivity contribution is 0.266. The zero-order valence-corrected chi connectivity index (χ0v) is 33.4. The van der Waals surface area contributed by atoms with Crippen LogP contribution in [-0.4, -0.2) is 9.55 Å². The second kappa shape index (κ2) is 16.2. The Bertz CT molecular complexity index is 2070. The molecule has 0 saturated heterocycles. The summed E-state index contributed by atoms with van der Waals surface area (Å²) in [7, 11) is 0. The molecule has 0 aliphatic rings. The number of benzene rings is 4. The number of aryl methyl sites for hydroxylation is 3. The summed E-state index contributed by atoms with van der Waals surface area (Å²) in [4.78, 5) is 5.06. The van der Waals surface area contributed by atoms with E-state index in [-0.39, 0.29) is 5.41 Å². The van der Waals surface area contributed by atoms with E-state index in [2.05, 4.69) is 163 Å². The van der Waals surface area contributed by atoms with Gasteiger partial charge in [-0.3, -0.25) is 0 Å². The molecule has 0 fully saturated rings. The summed E-state index contributed by atoms with van der Waals surface area (Å²) in [5.41, 5.74) is 13.5. The molecular formula is C50H62N2. The highest BCUT2D eigenvalue weighted by Crippen LogP contribution is 2.35. The van der Waals surface area contributed by atoms with Gasteiger partial charge in [0.2, 0.25) is 0 Å². The number of fused-ring (bicyclic) bond motifs is 3. The molecule has 0 unspecified atom stereocenters. The molecule has 2 heterocycles. The molecule has 2 aromatic heterocycles. The Kier molecular flexibility index (Phi) is 11.7. The molecule has 0 N–H and O–H groups in total. The van der Waals surface area contributed by atoms with Gasteiger partial charge in [-0.15, -0.1) is 0 Å². The predicted molar refractivity (Wildman–Crippen MR) is 226 cm³/mol. The molecule has 52 heavy (non-hydrogen) atoms. The van der Waals surface area contributed by atoms with Crippen LogP contribution in [0, 0.1) is 11.3 Å². The number of rotatable bonds is 16. The first kappa shape index (κ1) is 37.6. The van der Waals surface area contributed by atoms with E-state index >= 15 is 0 Å². The summed E-state index contributed by atoms with van der Waals surface area (Å²) in [6.07, 6.45) is 10.7. The lowest BCUT2D eigenvalue weighted by Crippen LogP contribution is -2.14. The standard InChI is InChI=1S/C50H62N2/c1-9-49(6,7)42-28-26-41(27-29-42)46-19-13-18-45(51-46)40-24-20-37(21-25-40)15-12-16-38-22-30-47-43(33-38)44-34-39(17-14-32-50(8,10-2)11-3)23-31-48(44)52(47)35-36(4)5/h13,18-31,33-34,36H,9-12,14-17,32,35H2,1-8H3. The van der Waals surface area contributed by atoms with Crippen LogP contribution < -0.4 is 0 Å². The maximum absolute atomic E-state index is 5.06. The van der Waals surface area contributed by atoms with Crippen molar-refractivity contribution in [2.75, 3.05) is 0 Å². The second-order valence-electron chi connectivity index (χ2n) is 16.9. The summed E-state index contributed by atoms with van der Waals surface area (Å²) in [5.74, 6) is 0.598. The van der Waals surface area contributed by atoms with E-state index in [0.717, 1.165) is 50.0 Å². The summed E-state index contributed by atoms with van der Waals surface area (Å²) in [6.45, 7) is 19.7. The van der Waals surface area contributed by atoms with Crippen LogP contribution in [0.1, 0.15) is 116 Å². The van der Waals surface area contributed by atoms with E-state index in [1.807, 2.05) is 0 Å². The monoisotopic (exact) mass is 690 g/mol. The molecule has 6 aromatic rings. The highest BCUT2D eigenvalue weighted by atomic mass is 15.0. The molecular weight excluding hydrogens is 629 g/mol. The van der Waals surface area contributed by atoms with Crippen LogP contribution in [0.4, 0.5) is 0 Å². The zero-order valence-electron chi connectivity index (χ0n) is 33.4. The third-order valence-electron chi connectivity index (χ3n) is 12.3. The Labute approximate surface area is 314 Å². The van der Waals surface area contributed by atoms with Crippen molar-refractivity contribution in [3.05, 3.63) is 125 Å². The molecule has 0 radical (unpaired) electrons. The fraction of sp³-hybridized carbons (Fsp3) is 0.420.